The van der Waals surface area contributed by atoms with Gasteiger partial charge in [-0.15, -0.1) is 0 Å². The fourth-order valence-corrected chi connectivity index (χ4v) is 4.46. The van der Waals surface area contributed by atoms with Crippen molar-refractivity contribution in [3.8, 4) is 22.6 Å². The number of carbonyl (C=O) groups excluding carboxylic acids is 1. The van der Waals surface area contributed by atoms with Crippen molar-refractivity contribution in [1.29, 1.82) is 0 Å². The van der Waals surface area contributed by atoms with Gasteiger partial charge in [-0.1, -0.05) is 6.07 Å². The topological polar surface area (TPSA) is 92.4 Å². The third-order valence-electron chi connectivity index (χ3n) is 6.14. The van der Waals surface area contributed by atoms with Crippen LogP contribution < -0.4 is 14.8 Å². The standard InChI is InChI=1S/C25H23N5O3/c31-25(27-19-4-6-22-23(11-19)33-15-32-22)24-20-10-17(3-5-21(20)28-29-24)18-9-16(12-26-13-18)14-30-7-1-2-8-30/h3-6,9-13H,1-2,7-8,14-15H2,(H,27,31)(H,28,29). The van der Waals surface area contributed by atoms with Gasteiger partial charge in [0.25, 0.3) is 5.91 Å². The van der Waals surface area contributed by atoms with Crippen LogP contribution in [0.4, 0.5) is 5.69 Å². The van der Waals surface area contributed by atoms with Crippen molar-refractivity contribution in [2.45, 2.75) is 19.4 Å². The van der Waals surface area contributed by atoms with E-state index in [0.29, 0.717) is 22.9 Å². The van der Waals surface area contributed by atoms with Crippen LogP contribution in [0.3, 0.4) is 0 Å². The molecule has 6 rings (SSSR count). The molecule has 0 atom stereocenters. The van der Waals surface area contributed by atoms with Crippen molar-refractivity contribution in [1.82, 2.24) is 20.1 Å². The summed E-state index contributed by atoms with van der Waals surface area (Å²) in [4.78, 5) is 19.9. The number of nitrogens with one attached hydrogen (secondary N) is 2. The summed E-state index contributed by atoms with van der Waals surface area (Å²) in [5.74, 6) is 0.991. The van der Waals surface area contributed by atoms with E-state index in [-0.39, 0.29) is 12.7 Å². The summed E-state index contributed by atoms with van der Waals surface area (Å²) in [7, 11) is 0. The molecule has 8 heteroatoms. The maximum atomic E-state index is 13.0. The van der Waals surface area contributed by atoms with Gasteiger partial charge < -0.3 is 14.8 Å². The Morgan fingerprint density at radius 1 is 1.00 bits per heavy atom. The van der Waals surface area contributed by atoms with Crippen molar-refractivity contribution in [3.63, 3.8) is 0 Å². The van der Waals surface area contributed by atoms with Crippen LogP contribution in [0.15, 0.2) is 54.9 Å². The van der Waals surface area contributed by atoms with Crippen LogP contribution in [-0.2, 0) is 6.54 Å². The Hall–Kier alpha value is -3.91. The van der Waals surface area contributed by atoms with E-state index in [1.54, 1.807) is 18.2 Å². The molecule has 4 heterocycles. The second-order valence-corrected chi connectivity index (χ2v) is 8.42. The summed E-state index contributed by atoms with van der Waals surface area (Å²) in [5.41, 5.74) is 4.98. The zero-order chi connectivity index (χ0) is 22.2. The minimum atomic E-state index is -0.293. The maximum Gasteiger partial charge on any atom is 0.276 e. The van der Waals surface area contributed by atoms with E-state index in [4.69, 9.17) is 9.47 Å². The van der Waals surface area contributed by atoms with E-state index in [0.717, 1.165) is 41.7 Å². The van der Waals surface area contributed by atoms with Crippen molar-refractivity contribution in [2.75, 3.05) is 25.2 Å². The number of hydrogen-bond donors (Lipinski definition) is 2. The largest absolute Gasteiger partial charge is 0.454 e. The smallest absolute Gasteiger partial charge is 0.276 e. The highest BCUT2D eigenvalue weighted by Crippen LogP contribution is 2.34. The fourth-order valence-electron chi connectivity index (χ4n) is 4.46. The predicted molar refractivity (Wildman–Crippen MR) is 124 cm³/mol. The minimum Gasteiger partial charge on any atom is -0.454 e. The van der Waals surface area contributed by atoms with Gasteiger partial charge in [0.05, 0.1) is 5.52 Å². The van der Waals surface area contributed by atoms with Crippen LogP contribution in [0.1, 0.15) is 28.9 Å². The molecule has 1 fully saturated rings. The number of carbonyl (C=O) groups is 1. The molecule has 0 radical (unpaired) electrons. The van der Waals surface area contributed by atoms with Gasteiger partial charge in [0.15, 0.2) is 17.2 Å². The number of H-pyrrole nitrogens is 1. The lowest BCUT2D eigenvalue weighted by Crippen LogP contribution is -2.18. The van der Waals surface area contributed by atoms with Crippen molar-refractivity contribution in [3.05, 3.63) is 66.1 Å². The van der Waals surface area contributed by atoms with Gasteiger partial charge in [-0.05, 0) is 67.4 Å². The molecule has 2 aliphatic rings. The lowest BCUT2D eigenvalue weighted by Gasteiger charge is -2.14. The van der Waals surface area contributed by atoms with E-state index < -0.39 is 0 Å². The van der Waals surface area contributed by atoms with Gasteiger partial charge in [0.1, 0.15) is 0 Å². The number of anilines is 1. The number of ether oxygens (including phenoxy) is 2. The van der Waals surface area contributed by atoms with Gasteiger partial charge in [-0.2, -0.15) is 5.10 Å². The molecule has 4 aromatic rings. The second-order valence-electron chi connectivity index (χ2n) is 8.42. The van der Waals surface area contributed by atoms with Crippen molar-refractivity contribution in [2.24, 2.45) is 0 Å². The molecule has 0 saturated carbocycles. The van der Waals surface area contributed by atoms with E-state index in [2.05, 4.69) is 31.5 Å². The summed E-state index contributed by atoms with van der Waals surface area (Å²) in [6.45, 7) is 3.39. The van der Waals surface area contributed by atoms with E-state index in [1.165, 1.54) is 18.4 Å². The van der Waals surface area contributed by atoms with Crippen LogP contribution in [-0.4, -0.2) is 45.9 Å². The number of rotatable bonds is 5. The molecule has 2 aromatic heterocycles. The number of benzene rings is 2. The molecule has 2 aromatic carbocycles. The molecule has 2 aliphatic heterocycles. The Balaban J connectivity index is 1.27. The summed E-state index contributed by atoms with van der Waals surface area (Å²) in [6.07, 6.45) is 6.33. The predicted octanol–water partition coefficient (Wildman–Crippen LogP) is 4.20. The molecular formula is C25H23N5O3. The maximum absolute atomic E-state index is 13.0. The van der Waals surface area contributed by atoms with Gasteiger partial charge in [-0.25, -0.2) is 0 Å². The average Bonchev–Trinajstić information content (AvgIpc) is 3.59. The summed E-state index contributed by atoms with van der Waals surface area (Å²) in [6, 6.07) is 13.4. The lowest BCUT2D eigenvalue weighted by atomic mass is 10.0. The molecule has 166 valence electrons. The number of aromatic amines is 1. The zero-order valence-electron chi connectivity index (χ0n) is 18.0. The Kier molecular flexibility index (Phi) is 4.92. The quantitative estimate of drug-likeness (QED) is 0.482. The molecule has 0 aliphatic carbocycles. The molecule has 1 amide bonds. The van der Waals surface area contributed by atoms with Gasteiger partial charge >= 0.3 is 0 Å². The Morgan fingerprint density at radius 3 is 2.79 bits per heavy atom. The van der Waals surface area contributed by atoms with Gasteiger partial charge in [0, 0.05) is 41.6 Å². The van der Waals surface area contributed by atoms with Crippen LogP contribution in [0, 0.1) is 0 Å². The Bertz CT molecular complexity index is 1340. The summed E-state index contributed by atoms with van der Waals surface area (Å²) < 4.78 is 10.7. The normalized spacial score (nSPS) is 15.3. The van der Waals surface area contributed by atoms with E-state index >= 15 is 0 Å². The number of nitrogens with zero attached hydrogens (tertiary/aromatic N) is 3. The first kappa shape index (κ1) is 19.8. The summed E-state index contributed by atoms with van der Waals surface area (Å²) in [5, 5.41) is 10.9. The van der Waals surface area contributed by atoms with E-state index in [9.17, 15) is 4.79 Å². The number of fused-ring (bicyclic) bond motifs is 2. The first-order valence-corrected chi connectivity index (χ1v) is 11.1. The SMILES string of the molecule is O=C(Nc1ccc2c(c1)OCO2)c1n[nH]c2ccc(-c3cncc(CN4CCCC4)c3)cc12. The highest BCUT2D eigenvalue weighted by atomic mass is 16.7. The molecular weight excluding hydrogens is 418 g/mol. The molecule has 1 saturated heterocycles. The first-order chi connectivity index (χ1) is 16.2. The van der Waals surface area contributed by atoms with Crippen molar-refractivity contribution < 1.29 is 14.3 Å². The number of hydrogen-bond acceptors (Lipinski definition) is 6. The third-order valence-corrected chi connectivity index (χ3v) is 6.14. The molecule has 0 spiro atoms. The average molecular weight is 441 g/mol. The molecule has 0 bridgehead atoms. The Morgan fingerprint density at radius 2 is 1.88 bits per heavy atom. The minimum absolute atomic E-state index is 0.188. The van der Waals surface area contributed by atoms with Crippen LogP contribution in [0.25, 0.3) is 22.0 Å². The zero-order valence-corrected chi connectivity index (χ0v) is 18.0. The van der Waals surface area contributed by atoms with Crippen LogP contribution >= 0.6 is 0 Å². The number of aromatic nitrogens is 3. The van der Waals surface area contributed by atoms with Gasteiger partial charge in [0.2, 0.25) is 6.79 Å². The molecule has 8 nitrogen and oxygen atoms in total. The highest BCUT2D eigenvalue weighted by molar-refractivity contribution is 6.11. The second kappa shape index (κ2) is 8.22. The monoisotopic (exact) mass is 441 g/mol. The van der Waals surface area contributed by atoms with Crippen LogP contribution in [0.2, 0.25) is 0 Å². The fraction of sp³-hybridized carbons (Fsp3) is 0.240. The Labute approximate surface area is 190 Å². The first-order valence-electron chi connectivity index (χ1n) is 11.1. The molecule has 33 heavy (non-hydrogen) atoms. The van der Waals surface area contributed by atoms with Crippen molar-refractivity contribution >= 4 is 22.5 Å². The highest BCUT2D eigenvalue weighted by Gasteiger charge is 2.18. The third kappa shape index (κ3) is 3.89. The molecule has 2 N–H and O–H groups in total. The van der Waals surface area contributed by atoms with Gasteiger partial charge in [-0.3, -0.25) is 19.8 Å². The van der Waals surface area contributed by atoms with E-state index in [1.807, 2.05) is 30.6 Å². The van der Waals surface area contributed by atoms with Crippen LogP contribution in [0.5, 0.6) is 11.5 Å². The number of likely N-dealkylation sites (tertiary alicyclic amines) is 1. The lowest BCUT2D eigenvalue weighted by molar-refractivity contribution is 0.102. The summed E-state index contributed by atoms with van der Waals surface area (Å²) >= 11 is 0. The number of amides is 1. The number of pyridine rings is 1. The molecule has 0 unspecified atom stereocenters.